The van der Waals surface area contributed by atoms with Crippen LogP contribution in [0.3, 0.4) is 0 Å². The molecule has 1 aromatic heterocycles. The van der Waals surface area contributed by atoms with E-state index in [9.17, 15) is 0 Å². The topological polar surface area (TPSA) is 71.9 Å². The van der Waals surface area contributed by atoms with Gasteiger partial charge >= 0.3 is 0 Å². The fourth-order valence-electron chi connectivity index (χ4n) is 1.25. The van der Waals surface area contributed by atoms with Crippen LogP contribution in [0.4, 0.5) is 0 Å². The predicted octanol–water partition coefficient (Wildman–Crippen LogP) is 2.59. The van der Waals surface area contributed by atoms with Gasteiger partial charge in [-0.2, -0.15) is 5.26 Å². The van der Waals surface area contributed by atoms with Crippen LogP contribution in [0.5, 0.6) is 5.75 Å². The van der Waals surface area contributed by atoms with E-state index in [2.05, 4.69) is 32.2 Å². The fourth-order valence-corrected chi connectivity index (χ4v) is 1.61. The van der Waals surface area contributed by atoms with Crippen LogP contribution >= 0.6 is 15.9 Å². The van der Waals surface area contributed by atoms with Crippen molar-refractivity contribution < 1.29 is 9.15 Å². The third kappa shape index (κ3) is 2.82. The maximum absolute atomic E-state index is 8.94. The van der Waals surface area contributed by atoms with E-state index in [0.717, 1.165) is 4.47 Å². The molecule has 0 spiro atoms. The number of aryl methyl sites for hydroxylation is 1. The second-order valence-corrected chi connectivity index (χ2v) is 4.17. The summed E-state index contributed by atoms with van der Waals surface area (Å²) in [6, 6.07) is 7.26. The summed E-state index contributed by atoms with van der Waals surface area (Å²) < 4.78 is 11.4. The Morgan fingerprint density at radius 2 is 2.29 bits per heavy atom. The average molecular weight is 294 g/mol. The number of halogens is 1. The molecule has 0 N–H and O–H groups in total. The Hall–Kier alpha value is -1.87. The van der Waals surface area contributed by atoms with Gasteiger partial charge in [-0.1, -0.05) is 15.9 Å². The predicted molar refractivity (Wildman–Crippen MR) is 62.2 cm³/mol. The maximum atomic E-state index is 8.94. The first-order valence-corrected chi connectivity index (χ1v) is 5.60. The van der Waals surface area contributed by atoms with Crippen molar-refractivity contribution >= 4 is 15.9 Å². The van der Waals surface area contributed by atoms with Crippen molar-refractivity contribution in [3.05, 3.63) is 40.0 Å². The molecule has 0 radical (unpaired) electrons. The Kier molecular flexibility index (Phi) is 3.40. The van der Waals surface area contributed by atoms with E-state index in [1.54, 1.807) is 25.1 Å². The smallest absolute Gasteiger partial charge is 0.253 e. The fraction of sp³-hybridized carbons (Fsp3) is 0.182. The van der Waals surface area contributed by atoms with Crippen LogP contribution in [0.1, 0.15) is 17.3 Å². The summed E-state index contributed by atoms with van der Waals surface area (Å²) in [6.45, 7) is 1.86. The van der Waals surface area contributed by atoms with Crippen molar-refractivity contribution in [3.63, 3.8) is 0 Å². The number of nitrogens with zero attached hydrogens (tertiary/aromatic N) is 3. The minimum Gasteiger partial charge on any atom is -0.482 e. The Bertz CT molecular complexity index is 574. The van der Waals surface area contributed by atoms with Gasteiger partial charge in [-0.25, -0.2) is 0 Å². The summed E-state index contributed by atoms with van der Waals surface area (Å²) >= 11 is 3.29. The van der Waals surface area contributed by atoms with Crippen LogP contribution in [0.25, 0.3) is 0 Å². The number of rotatable bonds is 3. The summed E-state index contributed by atoms with van der Waals surface area (Å²) in [4.78, 5) is 0. The molecule has 0 saturated heterocycles. The lowest BCUT2D eigenvalue weighted by atomic mass is 10.2. The molecule has 0 atom stereocenters. The molecule has 1 heterocycles. The molecule has 0 bridgehead atoms. The molecular formula is C11H8BrN3O2. The van der Waals surface area contributed by atoms with E-state index in [1.165, 1.54) is 0 Å². The Balaban J connectivity index is 2.12. The van der Waals surface area contributed by atoms with Crippen molar-refractivity contribution in [2.75, 3.05) is 0 Å². The minimum absolute atomic E-state index is 0.150. The summed E-state index contributed by atoms with van der Waals surface area (Å²) in [5.41, 5.74) is 0.454. The molecule has 2 rings (SSSR count). The van der Waals surface area contributed by atoms with Gasteiger partial charge < -0.3 is 9.15 Å². The lowest BCUT2D eigenvalue weighted by molar-refractivity contribution is 0.260. The second kappa shape index (κ2) is 4.97. The molecule has 0 aliphatic heterocycles. The molecule has 86 valence electrons. The van der Waals surface area contributed by atoms with Gasteiger partial charge in [-0.05, 0) is 18.2 Å². The first kappa shape index (κ1) is 11.6. The summed E-state index contributed by atoms with van der Waals surface area (Å²) in [5, 5.41) is 16.4. The van der Waals surface area contributed by atoms with E-state index in [1.807, 2.05) is 0 Å². The van der Waals surface area contributed by atoms with E-state index in [-0.39, 0.29) is 6.61 Å². The Morgan fingerprint density at radius 1 is 1.47 bits per heavy atom. The van der Waals surface area contributed by atoms with Crippen molar-refractivity contribution in [3.8, 4) is 11.8 Å². The van der Waals surface area contributed by atoms with Crippen molar-refractivity contribution in [1.82, 2.24) is 10.2 Å². The number of nitriles is 1. The lowest BCUT2D eigenvalue weighted by Crippen LogP contribution is -1.97. The molecule has 0 aliphatic rings. The summed E-state index contributed by atoms with van der Waals surface area (Å²) in [7, 11) is 0. The van der Waals surface area contributed by atoms with Gasteiger partial charge in [-0.15, -0.1) is 10.2 Å². The van der Waals surface area contributed by atoms with Crippen LogP contribution in [-0.4, -0.2) is 10.2 Å². The highest BCUT2D eigenvalue weighted by atomic mass is 79.9. The standard InChI is InChI=1S/C11H8BrN3O2/c1-7-14-15-11(17-7)6-16-10-3-2-9(12)4-8(10)5-13/h2-4H,6H2,1H3. The van der Waals surface area contributed by atoms with Crippen molar-refractivity contribution in [1.29, 1.82) is 5.26 Å². The molecule has 1 aromatic carbocycles. The number of aromatic nitrogens is 2. The molecule has 0 amide bonds. The van der Waals surface area contributed by atoms with Crippen LogP contribution in [0, 0.1) is 18.3 Å². The molecule has 2 aromatic rings. The monoisotopic (exact) mass is 293 g/mol. The van der Waals surface area contributed by atoms with Crippen LogP contribution in [0.15, 0.2) is 27.1 Å². The van der Waals surface area contributed by atoms with Crippen LogP contribution < -0.4 is 4.74 Å². The number of hydrogen-bond donors (Lipinski definition) is 0. The van der Waals surface area contributed by atoms with Gasteiger partial charge in [0, 0.05) is 11.4 Å². The van der Waals surface area contributed by atoms with Gasteiger partial charge in [-0.3, -0.25) is 0 Å². The Labute approximate surface area is 106 Å². The number of ether oxygens (including phenoxy) is 1. The molecular weight excluding hydrogens is 286 g/mol. The largest absolute Gasteiger partial charge is 0.482 e. The van der Waals surface area contributed by atoms with Crippen molar-refractivity contribution in [2.45, 2.75) is 13.5 Å². The minimum atomic E-state index is 0.150. The number of benzene rings is 1. The SMILES string of the molecule is Cc1nnc(COc2ccc(Br)cc2C#N)o1. The molecule has 0 saturated carbocycles. The van der Waals surface area contributed by atoms with E-state index >= 15 is 0 Å². The maximum Gasteiger partial charge on any atom is 0.253 e. The van der Waals surface area contributed by atoms with Gasteiger partial charge in [0.1, 0.15) is 11.8 Å². The summed E-state index contributed by atoms with van der Waals surface area (Å²) in [5.74, 6) is 1.36. The molecule has 6 heteroatoms. The molecule has 0 aliphatic carbocycles. The zero-order chi connectivity index (χ0) is 12.3. The van der Waals surface area contributed by atoms with Gasteiger partial charge in [0.15, 0.2) is 6.61 Å². The highest BCUT2D eigenvalue weighted by Gasteiger charge is 2.07. The average Bonchev–Trinajstić information content (AvgIpc) is 2.73. The van der Waals surface area contributed by atoms with E-state index < -0.39 is 0 Å². The van der Waals surface area contributed by atoms with Gasteiger partial charge in [0.05, 0.1) is 5.56 Å². The molecule has 17 heavy (non-hydrogen) atoms. The quantitative estimate of drug-likeness (QED) is 0.870. The molecule has 0 fully saturated rings. The van der Waals surface area contributed by atoms with Crippen LogP contribution in [0.2, 0.25) is 0 Å². The Morgan fingerprint density at radius 3 is 2.94 bits per heavy atom. The number of hydrogen-bond acceptors (Lipinski definition) is 5. The lowest BCUT2D eigenvalue weighted by Gasteiger charge is -2.05. The second-order valence-electron chi connectivity index (χ2n) is 3.26. The van der Waals surface area contributed by atoms with E-state index in [4.69, 9.17) is 14.4 Å². The van der Waals surface area contributed by atoms with Gasteiger partial charge in [0.25, 0.3) is 5.89 Å². The zero-order valence-corrected chi connectivity index (χ0v) is 10.6. The molecule has 0 unspecified atom stereocenters. The van der Waals surface area contributed by atoms with Crippen molar-refractivity contribution in [2.24, 2.45) is 0 Å². The highest BCUT2D eigenvalue weighted by Crippen LogP contribution is 2.23. The highest BCUT2D eigenvalue weighted by molar-refractivity contribution is 9.10. The first-order valence-electron chi connectivity index (χ1n) is 4.80. The third-order valence-corrected chi connectivity index (χ3v) is 2.47. The van der Waals surface area contributed by atoms with Crippen LogP contribution in [-0.2, 0) is 6.61 Å². The van der Waals surface area contributed by atoms with Gasteiger partial charge in [0.2, 0.25) is 5.89 Å². The zero-order valence-electron chi connectivity index (χ0n) is 8.98. The first-order chi connectivity index (χ1) is 8.19. The third-order valence-electron chi connectivity index (χ3n) is 1.98. The molecule has 5 nitrogen and oxygen atoms in total. The normalized spacial score (nSPS) is 9.94. The summed E-state index contributed by atoms with van der Waals surface area (Å²) in [6.07, 6.45) is 0. The van der Waals surface area contributed by atoms with E-state index in [0.29, 0.717) is 23.1 Å².